The second-order valence-electron chi connectivity index (χ2n) is 5.48. The van der Waals surface area contributed by atoms with Crippen LogP contribution < -0.4 is 5.73 Å². The Morgan fingerprint density at radius 1 is 1.33 bits per heavy atom. The van der Waals surface area contributed by atoms with Gasteiger partial charge in [0.25, 0.3) is 0 Å². The van der Waals surface area contributed by atoms with E-state index in [-0.39, 0.29) is 0 Å². The summed E-state index contributed by atoms with van der Waals surface area (Å²) in [5.74, 6) is 0.515. The van der Waals surface area contributed by atoms with Crippen molar-refractivity contribution >= 4 is 0 Å². The maximum atomic E-state index is 9.11. The summed E-state index contributed by atoms with van der Waals surface area (Å²) in [5, 5.41) is 9.11. The van der Waals surface area contributed by atoms with Crippen molar-refractivity contribution in [3.8, 4) is 0 Å². The topological polar surface area (TPSA) is 49.5 Å². The third-order valence-corrected chi connectivity index (χ3v) is 4.28. The summed E-state index contributed by atoms with van der Waals surface area (Å²) in [5.41, 5.74) is 6.35. The van der Waals surface area contributed by atoms with Crippen LogP contribution >= 0.6 is 0 Å². The summed E-state index contributed by atoms with van der Waals surface area (Å²) in [6, 6.07) is 0. The van der Waals surface area contributed by atoms with Gasteiger partial charge in [-0.15, -0.1) is 0 Å². The average molecular weight is 212 g/mol. The zero-order valence-electron chi connectivity index (χ0n) is 9.62. The molecule has 15 heavy (non-hydrogen) atoms. The van der Waals surface area contributed by atoms with Crippen molar-refractivity contribution in [2.24, 2.45) is 17.1 Å². The maximum Gasteiger partial charge on any atom is 0.0471 e. The minimum atomic E-state index is 0.353. The van der Waals surface area contributed by atoms with Crippen LogP contribution in [0.3, 0.4) is 0 Å². The van der Waals surface area contributed by atoms with Crippen LogP contribution in [-0.4, -0.2) is 42.8 Å². The maximum absolute atomic E-state index is 9.11. The number of hydrogen-bond donors (Lipinski definition) is 2. The largest absolute Gasteiger partial charge is 0.396 e. The van der Waals surface area contributed by atoms with E-state index in [0.717, 1.165) is 26.1 Å². The standard InChI is InChI=1S/C12H24N2O/c13-9-12(4-1-2-5-12)10-14-6-3-11(7-14)8-15/h11,15H,1-10,13H2. The zero-order chi connectivity index (χ0) is 10.7. The van der Waals surface area contributed by atoms with Gasteiger partial charge in [0.1, 0.15) is 0 Å². The Hall–Kier alpha value is -0.120. The van der Waals surface area contributed by atoms with Crippen LogP contribution in [0.2, 0.25) is 0 Å². The van der Waals surface area contributed by atoms with Gasteiger partial charge in [0.2, 0.25) is 0 Å². The molecule has 2 fully saturated rings. The highest BCUT2D eigenvalue weighted by Gasteiger charge is 2.36. The molecule has 1 saturated carbocycles. The highest BCUT2D eigenvalue weighted by atomic mass is 16.3. The Kier molecular flexibility index (Phi) is 3.65. The SMILES string of the molecule is NCC1(CN2CCC(CO)C2)CCCC1. The lowest BCUT2D eigenvalue weighted by molar-refractivity contribution is 0.168. The molecule has 2 rings (SSSR count). The predicted molar refractivity (Wildman–Crippen MR) is 61.6 cm³/mol. The molecule has 0 bridgehead atoms. The molecule has 1 aliphatic heterocycles. The Morgan fingerprint density at radius 3 is 2.60 bits per heavy atom. The van der Waals surface area contributed by atoms with Gasteiger partial charge in [-0.3, -0.25) is 0 Å². The van der Waals surface area contributed by atoms with Gasteiger partial charge in [0, 0.05) is 19.7 Å². The number of likely N-dealkylation sites (tertiary alicyclic amines) is 1. The first-order chi connectivity index (χ1) is 7.28. The molecule has 1 aliphatic carbocycles. The number of nitrogens with zero attached hydrogens (tertiary/aromatic N) is 1. The quantitative estimate of drug-likeness (QED) is 0.725. The van der Waals surface area contributed by atoms with E-state index in [9.17, 15) is 0 Å². The van der Waals surface area contributed by atoms with Crippen LogP contribution in [0.5, 0.6) is 0 Å². The van der Waals surface area contributed by atoms with Gasteiger partial charge in [0.15, 0.2) is 0 Å². The molecule has 0 spiro atoms. The summed E-state index contributed by atoms with van der Waals surface area (Å²) in [6.45, 7) is 4.60. The van der Waals surface area contributed by atoms with Gasteiger partial charge in [-0.1, -0.05) is 12.8 Å². The molecule has 0 amide bonds. The van der Waals surface area contributed by atoms with Crippen molar-refractivity contribution in [2.45, 2.75) is 32.1 Å². The second kappa shape index (κ2) is 4.81. The third-order valence-electron chi connectivity index (χ3n) is 4.28. The van der Waals surface area contributed by atoms with E-state index < -0.39 is 0 Å². The average Bonchev–Trinajstić information content (AvgIpc) is 2.88. The summed E-state index contributed by atoms with van der Waals surface area (Å²) in [6.07, 6.45) is 6.49. The Morgan fingerprint density at radius 2 is 2.07 bits per heavy atom. The van der Waals surface area contributed by atoms with Crippen LogP contribution in [0.25, 0.3) is 0 Å². The van der Waals surface area contributed by atoms with E-state index in [1.165, 1.54) is 32.2 Å². The number of aliphatic hydroxyl groups is 1. The highest BCUT2D eigenvalue weighted by Crippen LogP contribution is 2.38. The number of nitrogens with two attached hydrogens (primary N) is 1. The van der Waals surface area contributed by atoms with E-state index in [1.807, 2.05) is 0 Å². The van der Waals surface area contributed by atoms with Crippen LogP contribution in [0, 0.1) is 11.3 Å². The van der Waals surface area contributed by atoms with Gasteiger partial charge in [0.05, 0.1) is 0 Å². The summed E-state index contributed by atoms with van der Waals surface area (Å²) < 4.78 is 0. The molecule has 0 aromatic rings. The molecular weight excluding hydrogens is 188 g/mol. The zero-order valence-corrected chi connectivity index (χ0v) is 9.62. The number of aliphatic hydroxyl groups excluding tert-OH is 1. The molecule has 0 aromatic heterocycles. The number of hydrogen-bond acceptors (Lipinski definition) is 3. The fourth-order valence-electron chi connectivity index (χ4n) is 3.23. The summed E-state index contributed by atoms with van der Waals surface area (Å²) >= 11 is 0. The van der Waals surface area contributed by atoms with Gasteiger partial charge in [-0.2, -0.15) is 0 Å². The van der Waals surface area contributed by atoms with Crippen molar-refractivity contribution in [3.05, 3.63) is 0 Å². The van der Waals surface area contributed by atoms with Crippen molar-refractivity contribution in [2.75, 3.05) is 32.8 Å². The van der Waals surface area contributed by atoms with Gasteiger partial charge in [-0.25, -0.2) is 0 Å². The molecule has 0 radical (unpaired) electrons. The molecule has 88 valence electrons. The van der Waals surface area contributed by atoms with Crippen LogP contribution in [0.15, 0.2) is 0 Å². The molecule has 2 aliphatic rings. The minimum Gasteiger partial charge on any atom is -0.396 e. The molecule has 1 unspecified atom stereocenters. The highest BCUT2D eigenvalue weighted by molar-refractivity contribution is 4.90. The van der Waals surface area contributed by atoms with Crippen molar-refractivity contribution < 1.29 is 5.11 Å². The molecule has 1 atom stereocenters. The monoisotopic (exact) mass is 212 g/mol. The third kappa shape index (κ3) is 2.52. The molecule has 1 saturated heterocycles. The van der Waals surface area contributed by atoms with Gasteiger partial charge in [-0.05, 0) is 43.7 Å². The fraction of sp³-hybridized carbons (Fsp3) is 1.00. The lowest BCUT2D eigenvalue weighted by Gasteiger charge is -2.32. The smallest absolute Gasteiger partial charge is 0.0471 e. The van der Waals surface area contributed by atoms with E-state index in [0.29, 0.717) is 17.9 Å². The first-order valence-corrected chi connectivity index (χ1v) is 6.31. The van der Waals surface area contributed by atoms with E-state index in [1.54, 1.807) is 0 Å². The van der Waals surface area contributed by atoms with Crippen LogP contribution in [0.1, 0.15) is 32.1 Å². The Balaban J connectivity index is 1.85. The minimum absolute atomic E-state index is 0.353. The Labute approximate surface area is 92.6 Å². The normalized spacial score (nSPS) is 31.2. The lowest BCUT2D eigenvalue weighted by Crippen LogP contribution is -2.40. The van der Waals surface area contributed by atoms with Crippen molar-refractivity contribution in [1.29, 1.82) is 0 Å². The van der Waals surface area contributed by atoms with E-state index >= 15 is 0 Å². The Bertz CT molecular complexity index is 202. The van der Waals surface area contributed by atoms with Crippen LogP contribution in [-0.2, 0) is 0 Å². The molecule has 3 nitrogen and oxygen atoms in total. The van der Waals surface area contributed by atoms with Crippen LogP contribution in [0.4, 0.5) is 0 Å². The van der Waals surface area contributed by atoms with E-state index in [2.05, 4.69) is 4.90 Å². The molecular formula is C12H24N2O. The predicted octanol–water partition coefficient (Wildman–Crippen LogP) is 0.820. The molecule has 1 heterocycles. The molecule has 3 N–H and O–H groups in total. The van der Waals surface area contributed by atoms with Crippen molar-refractivity contribution in [1.82, 2.24) is 4.90 Å². The molecule has 3 heteroatoms. The summed E-state index contributed by atoms with van der Waals surface area (Å²) in [4.78, 5) is 2.51. The lowest BCUT2D eigenvalue weighted by atomic mass is 9.86. The fourth-order valence-corrected chi connectivity index (χ4v) is 3.23. The van der Waals surface area contributed by atoms with Gasteiger partial charge < -0.3 is 15.7 Å². The first-order valence-electron chi connectivity index (χ1n) is 6.31. The number of rotatable bonds is 4. The van der Waals surface area contributed by atoms with E-state index in [4.69, 9.17) is 10.8 Å². The first kappa shape index (κ1) is 11.4. The van der Waals surface area contributed by atoms with Crippen molar-refractivity contribution in [3.63, 3.8) is 0 Å². The molecule has 0 aromatic carbocycles. The summed E-state index contributed by atoms with van der Waals surface area (Å²) in [7, 11) is 0. The second-order valence-corrected chi connectivity index (χ2v) is 5.48. The van der Waals surface area contributed by atoms with Gasteiger partial charge >= 0.3 is 0 Å².